The number of aliphatic hydroxyl groups excluding tert-OH is 1. The minimum atomic E-state index is -0.212. The molecule has 0 saturated carbocycles. The van der Waals surface area contributed by atoms with Gasteiger partial charge in [0.2, 0.25) is 0 Å². The third-order valence-electron chi connectivity index (χ3n) is 3.27. The topological polar surface area (TPSA) is 26.7 Å². The molecule has 4 heteroatoms. The summed E-state index contributed by atoms with van der Waals surface area (Å²) in [5.74, 6) is -0.212. The Balaban J connectivity index is 2.25. The molecular formula is C13H19FN2O. The zero-order valence-electron chi connectivity index (χ0n) is 10.1. The summed E-state index contributed by atoms with van der Waals surface area (Å²) in [6.45, 7) is 2.60. The number of aliphatic hydroxyl groups is 1. The van der Waals surface area contributed by atoms with Gasteiger partial charge in [-0.3, -0.25) is 0 Å². The number of para-hydroxylation sites is 1. The SMILES string of the molecule is CN1CCCN(c2ccccc2F)C(CO)C1. The lowest BCUT2D eigenvalue weighted by Gasteiger charge is -2.31. The van der Waals surface area contributed by atoms with E-state index in [1.165, 1.54) is 6.07 Å². The van der Waals surface area contributed by atoms with Gasteiger partial charge < -0.3 is 14.9 Å². The Bertz CT molecular complexity index is 372. The van der Waals surface area contributed by atoms with Crippen molar-refractivity contribution in [3.05, 3.63) is 30.1 Å². The summed E-state index contributed by atoms with van der Waals surface area (Å²) in [5.41, 5.74) is 0.599. The molecule has 1 aromatic carbocycles. The van der Waals surface area contributed by atoms with Crippen LogP contribution in [0.25, 0.3) is 0 Å². The molecule has 0 aliphatic carbocycles. The van der Waals surface area contributed by atoms with Gasteiger partial charge in [0.05, 0.1) is 18.3 Å². The highest BCUT2D eigenvalue weighted by Crippen LogP contribution is 2.23. The molecule has 1 aliphatic rings. The number of anilines is 1. The molecule has 0 spiro atoms. The Morgan fingerprint density at radius 1 is 1.35 bits per heavy atom. The van der Waals surface area contributed by atoms with Crippen molar-refractivity contribution in [1.82, 2.24) is 4.90 Å². The number of halogens is 1. The van der Waals surface area contributed by atoms with Crippen molar-refractivity contribution in [1.29, 1.82) is 0 Å². The number of hydrogen-bond acceptors (Lipinski definition) is 3. The number of likely N-dealkylation sites (N-methyl/N-ethyl adjacent to an activating group) is 1. The smallest absolute Gasteiger partial charge is 0.146 e. The minimum Gasteiger partial charge on any atom is -0.394 e. The van der Waals surface area contributed by atoms with E-state index in [0.29, 0.717) is 5.69 Å². The van der Waals surface area contributed by atoms with E-state index in [-0.39, 0.29) is 18.5 Å². The average molecular weight is 238 g/mol. The second-order valence-electron chi connectivity index (χ2n) is 4.60. The monoisotopic (exact) mass is 238 g/mol. The summed E-state index contributed by atoms with van der Waals surface area (Å²) in [4.78, 5) is 4.17. The van der Waals surface area contributed by atoms with Crippen LogP contribution in [0.1, 0.15) is 6.42 Å². The van der Waals surface area contributed by atoms with Gasteiger partial charge in [0.25, 0.3) is 0 Å². The summed E-state index contributed by atoms with van der Waals surface area (Å²) >= 11 is 0. The predicted molar refractivity (Wildman–Crippen MR) is 66.7 cm³/mol. The highest BCUT2D eigenvalue weighted by atomic mass is 19.1. The molecule has 0 bridgehead atoms. The van der Waals surface area contributed by atoms with Gasteiger partial charge in [-0.1, -0.05) is 12.1 Å². The molecule has 1 aliphatic heterocycles. The van der Waals surface area contributed by atoms with E-state index in [1.54, 1.807) is 12.1 Å². The molecule has 1 atom stereocenters. The number of nitrogens with zero attached hydrogens (tertiary/aromatic N) is 2. The molecule has 1 aromatic rings. The first-order valence-electron chi connectivity index (χ1n) is 6.03. The van der Waals surface area contributed by atoms with E-state index in [4.69, 9.17) is 0 Å². The first kappa shape index (κ1) is 12.3. The Morgan fingerprint density at radius 2 is 2.12 bits per heavy atom. The second kappa shape index (κ2) is 5.47. The third kappa shape index (κ3) is 2.76. The summed E-state index contributed by atoms with van der Waals surface area (Å²) in [7, 11) is 2.04. The molecule has 1 N–H and O–H groups in total. The molecule has 1 unspecified atom stereocenters. The molecule has 0 radical (unpaired) electrons. The van der Waals surface area contributed by atoms with Crippen LogP contribution in [0.2, 0.25) is 0 Å². The number of hydrogen-bond donors (Lipinski definition) is 1. The molecule has 17 heavy (non-hydrogen) atoms. The van der Waals surface area contributed by atoms with E-state index < -0.39 is 0 Å². The lowest BCUT2D eigenvalue weighted by molar-refractivity contribution is 0.229. The van der Waals surface area contributed by atoms with Gasteiger partial charge in [-0.2, -0.15) is 0 Å². The van der Waals surface area contributed by atoms with Gasteiger partial charge >= 0.3 is 0 Å². The van der Waals surface area contributed by atoms with Gasteiger partial charge in [-0.05, 0) is 32.1 Å². The van der Waals surface area contributed by atoms with E-state index in [1.807, 2.05) is 18.0 Å². The van der Waals surface area contributed by atoms with Crippen LogP contribution in [0, 0.1) is 5.82 Å². The molecule has 0 aromatic heterocycles. The predicted octanol–water partition coefficient (Wildman–Crippen LogP) is 1.33. The molecule has 1 saturated heterocycles. The van der Waals surface area contributed by atoms with Crippen molar-refractivity contribution in [2.75, 3.05) is 38.2 Å². The summed E-state index contributed by atoms with van der Waals surface area (Å²) in [5, 5.41) is 9.47. The molecule has 94 valence electrons. The fourth-order valence-electron chi connectivity index (χ4n) is 2.40. The lowest BCUT2D eigenvalue weighted by atomic mass is 10.2. The van der Waals surface area contributed by atoms with Crippen LogP contribution in [0.4, 0.5) is 10.1 Å². The van der Waals surface area contributed by atoms with Gasteiger partial charge in [0, 0.05) is 13.1 Å². The maximum absolute atomic E-state index is 13.8. The van der Waals surface area contributed by atoms with Crippen LogP contribution in [-0.4, -0.2) is 49.3 Å². The largest absolute Gasteiger partial charge is 0.394 e. The highest BCUT2D eigenvalue weighted by Gasteiger charge is 2.24. The minimum absolute atomic E-state index is 0.0283. The van der Waals surface area contributed by atoms with Gasteiger partial charge in [0.1, 0.15) is 5.82 Å². The van der Waals surface area contributed by atoms with E-state index in [9.17, 15) is 9.50 Å². The first-order valence-corrected chi connectivity index (χ1v) is 6.03. The zero-order valence-corrected chi connectivity index (χ0v) is 10.1. The molecule has 1 heterocycles. The quantitative estimate of drug-likeness (QED) is 0.842. The maximum Gasteiger partial charge on any atom is 0.146 e. The average Bonchev–Trinajstić information content (AvgIpc) is 2.51. The molecule has 0 amide bonds. The van der Waals surface area contributed by atoms with Crippen molar-refractivity contribution in [2.45, 2.75) is 12.5 Å². The van der Waals surface area contributed by atoms with Crippen molar-refractivity contribution in [3.8, 4) is 0 Å². The normalized spacial score (nSPS) is 22.5. The van der Waals surface area contributed by atoms with E-state index in [2.05, 4.69) is 4.90 Å². The summed E-state index contributed by atoms with van der Waals surface area (Å²) < 4.78 is 13.8. The molecule has 3 nitrogen and oxygen atoms in total. The molecule has 1 fully saturated rings. The molecule has 2 rings (SSSR count). The zero-order chi connectivity index (χ0) is 12.3. The Labute approximate surface area is 101 Å². The Kier molecular flexibility index (Phi) is 3.97. The van der Waals surface area contributed by atoms with Crippen molar-refractivity contribution >= 4 is 5.69 Å². The first-order chi connectivity index (χ1) is 8.22. The fraction of sp³-hybridized carbons (Fsp3) is 0.538. The number of rotatable bonds is 2. The van der Waals surface area contributed by atoms with Crippen LogP contribution in [0.15, 0.2) is 24.3 Å². The van der Waals surface area contributed by atoms with Crippen LogP contribution >= 0.6 is 0 Å². The maximum atomic E-state index is 13.8. The molecular weight excluding hydrogens is 219 g/mol. The third-order valence-corrected chi connectivity index (χ3v) is 3.27. The summed E-state index contributed by atoms with van der Waals surface area (Å²) in [6, 6.07) is 6.75. The van der Waals surface area contributed by atoms with E-state index in [0.717, 1.165) is 26.1 Å². The van der Waals surface area contributed by atoms with Crippen LogP contribution in [-0.2, 0) is 0 Å². The Hall–Kier alpha value is -1.13. The summed E-state index contributed by atoms with van der Waals surface area (Å²) in [6.07, 6.45) is 0.987. The van der Waals surface area contributed by atoms with Crippen molar-refractivity contribution in [3.63, 3.8) is 0 Å². The van der Waals surface area contributed by atoms with Crippen LogP contribution < -0.4 is 4.90 Å². The number of benzene rings is 1. The van der Waals surface area contributed by atoms with E-state index >= 15 is 0 Å². The van der Waals surface area contributed by atoms with Crippen LogP contribution in [0.5, 0.6) is 0 Å². The highest BCUT2D eigenvalue weighted by molar-refractivity contribution is 5.49. The van der Waals surface area contributed by atoms with Gasteiger partial charge in [-0.25, -0.2) is 4.39 Å². The fourth-order valence-corrected chi connectivity index (χ4v) is 2.40. The standard InChI is InChI=1S/C13H19FN2O/c1-15-7-4-8-16(11(9-15)10-17)13-6-3-2-5-12(13)14/h2-3,5-6,11,17H,4,7-10H2,1H3. The van der Waals surface area contributed by atoms with Gasteiger partial charge in [-0.15, -0.1) is 0 Å². The second-order valence-corrected chi connectivity index (χ2v) is 4.60. The van der Waals surface area contributed by atoms with Crippen molar-refractivity contribution < 1.29 is 9.50 Å². The van der Waals surface area contributed by atoms with Crippen molar-refractivity contribution in [2.24, 2.45) is 0 Å². The lowest BCUT2D eigenvalue weighted by Crippen LogP contribution is -2.43. The van der Waals surface area contributed by atoms with Gasteiger partial charge in [0.15, 0.2) is 0 Å². The van der Waals surface area contributed by atoms with Crippen LogP contribution in [0.3, 0.4) is 0 Å². The Morgan fingerprint density at radius 3 is 2.82 bits per heavy atom.